The summed E-state index contributed by atoms with van der Waals surface area (Å²) in [6, 6.07) is 0. The largest absolute Gasteiger partial charge is 0.462 e. The zero-order valence-corrected chi connectivity index (χ0v) is 50.1. The molecule has 0 aromatic heterocycles. The summed E-state index contributed by atoms with van der Waals surface area (Å²) in [4.78, 5) is 38.2. The van der Waals surface area contributed by atoms with Gasteiger partial charge in [-0.3, -0.25) is 14.4 Å². The molecule has 0 rings (SSSR count). The SMILES string of the molecule is CC/C=C\C/C=C\C/C=C\C/C=C\CCC(=O)OCC(COC(=O)CCCCCCCCCCCCCCCCCCCCCCCCCCCCC)OC(=O)CCCCCCCCC/C=C\CCCCCCCC. The van der Waals surface area contributed by atoms with E-state index in [9.17, 15) is 14.4 Å². The lowest BCUT2D eigenvalue weighted by atomic mass is 10.0. The molecule has 0 saturated carbocycles. The van der Waals surface area contributed by atoms with Gasteiger partial charge in [-0.15, -0.1) is 0 Å². The summed E-state index contributed by atoms with van der Waals surface area (Å²) in [6.45, 7) is 6.50. The van der Waals surface area contributed by atoms with Crippen LogP contribution in [0.5, 0.6) is 0 Å². The molecule has 1 unspecified atom stereocenters. The second kappa shape index (κ2) is 63.6. The Morgan fingerprint density at radius 3 is 0.893 bits per heavy atom. The maximum Gasteiger partial charge on any atom is 0.306 e. The molecule has 0 aromatic rings. The highest BCUT2D eigenvalue weighted by molar-refractivity contribution is 5.71. The number of allylic oxidation sites excluding steroid dienone is 10. The second-order valence-corrected chi connectivity index (χ2v) is 22.0. The van der Waals surface area contributed by atoms with E-state index in [4.69, 9.17) is 14.2 Å². The molecule has 6 nitrogen and oxygen atoms in total. The first-order valence-corrected chi connectivity index (χ1v) is 32.8. The topological polar surface area (TPSA) is 78.9 Å². The summed E-state index contributed by atoms with van der Waals surface area (Å²) in [5.74, 6) is -0.967. The average Bonchev–Trinajstić information content (AvgIpc) is 3.41. The summed E-state index contributed by atoms with van der Waals surface area (Å²) in [7, 11) is 0. The molecule has 0 aliphatic heterocycles. The van der Waals surface area contributed by atoms with Gasteiger partial charge in [-0.25, -0.2) is 0 Å². The number of carbonyl (C=O) groups excluding carboxylic acids is 3. The number of esters is 3. The van der Waals surface area contributed by atoms with Gasteiger partial charge in [0.25, 0.3) is 0 Å². The molecule has 0 amide bonds. The Labute approximate surface area is 466 Å². The third kappa shape index (κ3) is 61.8. The number of ether oxygens (including phenoxy) is 3. The van der Waals surface area contributed by atoms with Crippen molar-refractivity contribution in [2.24, 2.45) is 0 Å². The summed E-state index contributed by atoms with van der Waals surface area (Å²) in [6.07, 6.45) is 81.2. The first-order chi connectivity index (χ1) is 37.0. The van der Waals surface area contributed by atoms with Crippen molar-refractivity contribution in [2.45, 2.75) is 348 Å². The van der Waals surface area contributed by atoms with Crippen LogP contribution in [0.2, 0.25) is 0 Å². The van der Waals surface area contributed by atoms with Crippen molar-refractivity contribution in [1.82, 2.24) is 0 Å². The predicted octanol–water partition coefficient (Wildman–Crippen LogP) is 22.3. The fraction of sp³-hybridized carbons (Fsp3) is 0.812. The van der Waals surface area contributed by atoms with Gasteiger partial charge in [0, 0.05) is 19.3 Å². The normalized spacial score (nSPS) is 12.4. The summed E-state index contributed by atoms with van der Waals surface area (Å²) >= 11 is 0. The number of hydrogen-bond acceptors (Lipinski definition) is 6. The standard InChI is InChI=1S/C69H124O6/c1-4-7-10-13-16-19-22-25-27-29-30-31-32-33-34-35-36-37-38-40-41-44-47-50-53-56-59-62-68(71)74-65-66(64-73-67(70)61-58-55-52-49-46-43-24-21-18-15-12-9-6-3)75-69(72)63-60-57-54-51-48-45-42-39-28-26-23-20-17-14-11-8-5-2/h9,12,18,21,26,28,43,46,52,55,66H,4-8,10-11,13-17,19-20,22-25,27,29-42,44-45,47-51,53-54,56-65H2,1-3H3/b12-9-,21-18-,28-26-,46-43-,55-52-. The minimum atomic E-state index is -0.804. The van der Waals surface area contributed by atoms with Gasteiger partial charge in [0.15, 0.2) is 6.10 Å². The minimum Gasteiger partial charge on any atom is -0.462 e. The van der Waals surface area contributed by atoms with Crippen LogP contribution in [0.4, 0.5) is 0 Å². The van der Waals surface area contributed by atoms with Crippen molar-refractivity contribution in [3.05, 3.63) is 60.8 Å². The molecule has 0 radical (unpaired) electrons. The van der Waals surface area contributed by atoms with Gasteiger partial charge in [-0.05, 0) is 70.6 Å². The molecular weight excluding hydrogens is 925 g/mol. The van der Waals surface area contributed by atoms with Crippen molar-refractivity contribution < 1.29 is 28.6 Å². The van der Waals surface area contributed by atoms with Gasteiger partial charge in [0.2, 0.25) is 0 Å². The van der Waals surface area contributed by atoms with Gasteiger partial charge >= 0.3 is 17.9 Å². The maximum absolute atomic E-state index is 12.9. The summed E-state index contributed by atoms with van der Waals surface area (Å²) < 4.78 is 16.8. The lowest BCUT2D eigenvalue weighted by Crippen LogP contribution is -2.30. The number of hydrogen-bond donors (Lipinski definition) is 0. The van der Waals surface area contributed by atoms with E-state index in [1.165, 1.54) is 231 Å². The van der Waals surface area contributed by atoms with Crippen LogP contribution in [0.25, 0.3) is 0 Å². The van der Waals surface area contributed by atoms with E-state index >= 15 is 0 Å². The monoisotopic (exact) mass is 1050 g/mol. The van der Waals surface area contributed by atoms with Crippen LogP contribution in [-0.4, -0.2) is 37.2 Å². The van der Waals surface area contributed by atoms with Crippen LogP contribution in [0.15, 0.2) is 60.8 Å². The van der Waals surface area contributed by atoms with Crippen molar-refractivity contribution in [1.29, 1.82) is 0 Å². The molecule has 436 valence electrons. The van der Waals surface area contributed by atoms with Crippen molar-refractivity contribution >= 4 is 17.9 Å². The Morgan fingerprint density at radius 2 is 0.547 bits per heavy atom. The Hall–Kier alpha value is -2.89. The van der Waals surface area contributed by atoms with Crippen LogP contribution in [-0.2, 0) is 28.6 Å². The van der Waals surface area contributed by atoms with Gasteiger partial charge in [0.1, 0.15) is 13.2 Å². The Morgan fingerprint density at radius 1 is 0.280 bits per heavy atom. The molecule has 75 heavy (non-hydrogen) atoms. The van der Waals surface area contributed by atoms with Crippen LogP contribution in [0.3, 0.4) is 0 Å². The van der Waals surface area contributed by atoms with Crippen LogP contribution >= 0.6 is 0 Å². The van der Waals surface area contributed by atoms with E-state index in [0.29, 0.717) is 19.3 Å². The highest BCUT2D eigenvalue weighted by Gasteiger charge is 2.19. The van der Waals surface area contributed by atoms with Crippen molar-refractivity contribution in [3.8, 4) is 0 Å². The summed E-state index contributed by atoms with van der Waals surface area (Å²) in [5, 5.41) is 0. The van der Waals surface area contributed by atoms with Crippen molar-refractivity contribution in [3.63, 3.8) is 0 Å². The average molecular weight is 1050 g/mol. The molecule has 0 heterocycles. The smallest absolute Gasteiger partial charge is 0.306 e. The zero-order valence-electron chi connectivity index (χ0n) is 50.1. The second-order valence-electron chi connectivity index (χ2n) is 22.0. The Bertz CT molecular complexity index is 1340. The van der Waals surface area contributed by atoms with E-state index in [1.54, 1.807) is 0 Å². The lowest BCUT2D eigenvalue weighted by Gasteiger charge is -2.18. The highest BCUT2D eigenvalue weighted by Crippen LogP contribution is 2.18. The highest BCUT2D eigenvalue weighted by atomic mass is 16.6. The first kappa shape index (κ1) is 72.1. The Kier molecular flexibility index (Phi) is 61.2. The molecule has 1 atom stereocenters. The van der Waals surface area contributed by atoms with Crippen LogP contribution < -0.4 is 0 Å². The maximum atomic E-state index is 12.9. The van der Waals surface area contributed by atoms with Gasteiger partial charge in [-0.2, -0.15) is 0 Å². The van der Waals surface area contributed by atoms with E-state index in [2.05, 4.69) is 75.5 Å². The number of rotatable bonds is 60. The number of carbonyl (C=O) groups is 3. The molecular formula is C69H124O6. The quantitative estimate of drug-likeness (QED) is 0.0261. The Balaban J connectivity index is 4.25. The van der Waals surface area contributed by atoms with E-state index < -0.39 is 6.10 Å². The molecule has 0 spiro atoms. The molecule has 0 bridgehead atoms. The molecule has 0 fully saturated rings. The molecule has 0 saturated heterocycles. The molecule has 0 N–H and O–H groups in total. The lowest BCUT2D eigenvalue weighted by molar-refractivity contribution is -0.166. The van der Waals surface area contributed by atoms with Gasteiger partial charge in [0.05, 0.1) is 0 Å². The van der Waals surface area contributed by atoms with Crippen molar-refractivity contribution in [2.75, 3.05) is 13.2 Å². The van der Waals surface area contributed by atoms with E-state index in [-0.39, 0.29) is 37.5 Å². The zero-order chi connectivity index (χ0) is 54.3. The van der Waals surface area contributed by atoms with E-state index in [0.717, 1.165) is 64.2 Å². The fourth-order valence-corrected chi connectivity index (χ4v) is 9.63. The van der Waals surface area contributed by atoms with E-state index in [1.807, 2.05) is 6.08 Å². The van der Waals surface area contributed by atoms with Gasteiger partial charge in [-0.1, -0.05) is 313 Å². The fourth-order valence-electron chi connectivity index (χ4n) is 9.63. The third-order valence-corrected chi connectivity index (χ3v) is 14.5. The minimum absolute atomic E-state index is 0.0948. The molecule has 0 aliphatic rings. The van der Waals surface area contributed by atoms with Crippen LogP contribution in [0.1, 0.15) is 342 Å². The molecule has 6 heteroatoms. The van der Waals surface area contributed by atoms with Crippen LogP contribution in [0, 0.1) is 0 Å². The third-order valence-electron chi connectivity index (χ3n) is 14.5. The molecule has 0 aliphatic carbocycles. The summed E-state index contributed by atoms with van der Waals surface area (Å²) in [5.41, 5.74) is 0. The molecule has 0 aromatic carbocycles. The number of unbranched alkanes of at least 4 members (excludes halogenated alkanes) is 39. The van der Waals surface area contributed by atoms with Gasteiger partial charge < -0.3 is 14.2 Å². The first-order valence-electron chi connectivity index (χ1n) is 32.8. The predicted molar refractivity (Wildman–Crippen MR) is 325 cm³/mol.